The van der Waals surface area contributed by atoms with Crippen LogP contribution in [0.3, 0.4) is 0 Å². The minimum Gasteiger partial charge on any atom is -0.348 e. The molecule has 7 nitrogen and oxygen atoms in total. The van der Waals surface area contributed by atoms with Gasteiger partial charge in [0.2, 0.25) is 15.9 Å². The maximum Gasteiger partial charge on any atom is 0.261 e. The number of carbonyl (C=O) groups excluding carboxylic acids is 2. The molecule has 2 N–H and O–H groups in total. The average Bonchev–Trinajstić information content (AvgIpc) is 3.37. The summed E-state index contributed by atoms with van der Waals surface area (Å²) >= 11 is 7.12. The topological polar surface area (TPSA) is 95.6 Å². The van der Waals surface area contributed by atoms with Gasteiger partial charge in [-0.2, -0.15) is 0 Å². The molecular formula is C21H24ClN3O4S2. The second-order valence-electron chi connectivity index (χ2n) is 7.85. The van der Waals surface area contributed by atoms with Crippen LogP contribution in [0.25, 0.3) is 0 Å². The van der Waals surface area contributed by atoms with Crippen LogP contribution in [0, 0.1) is 5.92 Å². The van der Waals surface area contributed by atoms with Gasteiger partial charge in [0.25, 0.3) is 5.91 Å². The van der Waals surface area contributed by atoms with Crippen molar-refractivity contribution in [2.24, 2.45) is 5.92 Å². The molecule has 2 aliphatic rings. The Balaban J connectivity index is 1.38. The van der Waals surface area contributed by atoms with Crippen molar-refractivity contribution < 1.29 is 18.0 Å². The second kappa shape index (κ2) is 9.18. The molecule has 2 amide bonds. The summed E-state index contributed by atoms with van der Waals surface area (Å²) in [5.41, 5.74) is 1.21. The van der Waals surface area contributed by atoms with Crippen molar-refractivity contribution in [3.63, 3.8) is 0 Å². The highest BCUT2D eigenvalue weighted by Gasteiger charge is 2.34. The number of rotatable bonds is 5. The average molecular weight is 482 g/mol. The molecule has 0 radical (unpaired) electrons. The summed E-state index contributed by atoms with van der Waals surface area (Å²) < 4.78 is 26.5. The van der Waals surface area contributed by atoms with E-state index < -0.39 is 10.0 Å². The van der Waals surface area contributed by atoms with E-state index in [9.17, 15) is 18.0 Å². The summed E-state index contributed by atoms with van der Waals surface area (Å²) in [6.45, 7) is 0.479. The fourth-order valence-electron chi connectivity index (χ4n) is 4.15. The quantitative estimate of drug-likeness (QED) is 0.677. The maximum atomic E-state index is 12.8. The van der Waals surface area contributed by atoms with E-state index in [2.05, 4.69) is 10.6 Å². The molecule has 2 fully saturated rings. The van der Waals surface area contributed by atoms with Crippen LogP contribution >= 0.6 is 22.9 Å². The second-order valence-corrected chi connectivity index (χ2v) is 11.6. The van der Waals surface area contributed by atoms with Gasteiger partial charge >= 0.3 is 0 Å². The number of hydrogen-bond acceptors (Lipinski definition) is 5. The third-order valence-electron chi connectivity index (χ3n) is 5.74. The van der Waals surface area contributed by atoms with Gasteiger partial charge in [-0.3, -0.25) is 13.9 Å². The van der Waals surface area contributed by atoms with E-state index in [1.807, 2.05) is 0 Å². The smallest absolute Gasteiger partial charge is 0.261 e. The van der Waals surface area contributed by atoms with Crippen LogP contribution in [-0.4, -0.2) is 38.6 Å². The third-order valence-corrected chi connectivity index (χ3v) is 8.84. The van der Waals surface area contributed by atoms with Crippen LogP contribution in [0.4, 0.5) is 11.4 Å². The predicted octanol–water partition coefficient (Wildman–Crippen LogP) is 3.87. The summed E-state index contributed by atoms with van der Waals surface area (Å²) in [5, 5.41) is 5.87. The van der Waals surface area contributed by atoms with Gasteiger partial charge in [-0.1, -0.05) is 18.0 Å². The number of benzene rings is 1. The fraction of sp³-hybridized carbons (Fsp3) is 0.429. The van der Waals surface area contributed by atoms with E-state index in [4.69, 9.17) is 11.6 Å². The van der Waals surface area contributed by atoms with Gasteiger partial charge in [0.1, 0.15) is 0 Å². The minimum atomic E-state index is -3.27. The van der Waals surface area contributed by atoms with Gasteiger partial charge in [0, 0.05) is 18.3 Å². The Kier molecular flexibility index (Phi) is 6.55. The zero-order valence-corrected chi connectivity index (χ0v) is 19.2. The van der Waals surface area contributed by atoms with Crippen LogP contribution in [0.15, 0.2) is 36.4 Å². The fourth-order valence-corrected chi connectivity index (χ4v) is 6.73. The lowest BCUT2D eigenvalue weighted by Crippen LogP contribution is -2.41. The van der Waals surface area contributed by atoms with E-state index >= 15 is 0 Å². The number of halogens is 1. The van der Waals surface area contributed by atoms with E-state index in [0.717, 1.165) is 19.3 Å². The Morgan fingerprint density at radius 3 is 2.48 bits per heavy atom. The first-order valence-electron chi connectivity index (χ1n) is 10.3. The van der Waals surface area contributed by atoms with Crippen molar-refractivity contribution in [2.45, 2.75) is 38.1 Å². The Bertz CT molecular complexity index is 1070. The monoisotopic (exact) mass is 481 g/mol. The molecule has 0 spiro atoms. The highest BCUT2D eigenvalue weighted by Crippen LogP contribution is 2.29. The third kappa shape index (κ3) is 5.05. The molecule has 10 heteroatoms. The van der Waals surface area contributed by atoms with Gasteiger partial charge in [-0.25, -0.2) is 8.42 Å². The molecule has 2 atom stereocenters. The Hall–Kier alpha value is -2.10. The van der Waals surface area contributed by atoms with Gasteiger partial charge < -0.3 is 10.6 Å². The van der Waals surface area contributed by atoms with Gasteiger partial charge in [-0.15, -0.1) is 11.3 Å². The molecule has 0 bridgehead atoms. The van der Waals surface area contributed by atoms with Crippen LogP contribution in [0.1, 0.15) is 41.8 Å². The molecular weight excluding hydrogens is 458 g/mol. The minimum absolute atomic E-state index is 0.148. The molecule has 166 valence electrons. The van der Waals surface area contributed by atoms with Crippen molar-refractivity contribution in [1.29, 1.82) is 0 Å². The highest BCUT2D eigenvalue weighted by molar-refractivity contribution is 7.92. The molecule has 4 rings (SSSR count). The number of amides is 2. The molecule has 1 aliphatic carbocycles. The van der Waals surface area contributed by atoms with Crippen LogP contribution in [-0.2, 0) is 14.8 Å². The number of anilines is 2. The predicted molar refractivity (Wildman–Crippen MR) is 123 cm³/mol. The SMILES string of the molecule is O=C(N[C@@H]1CCC[C@@H]1C(=O)Nc1ccc(N2CCCCS2(=O)=O)cc1)c1ccc(Cl)s1. The first-order chi connectivity index (χ1) is 14.8. The number of thiophene rings is 1. The molecule has 2 aromatic rings. The lowest BCUT2D eigenvalue weighted by Gasteiger charge is -2.28. The summed E-state index contributed by atoms with van der Waals surface area (Å²) in [6, 6.07) is 9.99. The highest BCUT2D eigenvalue weighted by atomic mass is 35.5. The zero-order valence-electron chi connectivity index (χ0n) is 16.8. The van der Waals surface area contributed by atoms with Gasteiger partial charge in [0.15, 0.2) is 0 Å². The summed E-state index contributed by atoms with van der Waals surface area (Å²) in [4.78, 5) is 25.8. The van der Waals surface area contributed by atoms with Crippen molar-refractivity contribution in [3.05, 3.63) is 45.6 Å². The van der Waals surface area contributed by atoms with Crippen molar-refractivity contribution >= 4 is 56.2 Å². The Labute approximate surface area is 190 Å². The first-order valence-corrected chi connectivity index (χ1v) is 13.1. The number of nitrogens with zero attached hydrogens (tertiary/aromatic N) is 1. The molecule has 31 heavy (non-hydrogen) atoms. The van der Waals surface area contributed by atoms with Gasteiger partial charge in [0.05, 0.1) is 26.6 Å². The largest absolute Gasteiger partial charge is 0.348 e. The number of hydrogen-bond donors (Lipinski definition) is 2. The van der Waals surface area contributed by atoms with Crippen molar-refractivity contribution in [1.82, 2.24) is 5.32 Å². The van der Waals surface area contributed by atoms with E-state index in [1.54, 1.807) is 36.4 Å². The standard InChI is InChI=1S/C21H24ClN3O4S2/c22-19-11-10-18(30-19)21(27)24-17-5-3-4-16(17)20(26)23-14-6-8-15(9-7-14)25-12-1-2-13-31(25,28)29/h6-11,16-17H,1-5,12-13H2,(H,23,26)(H,24,27)/t16-,17+/m0/s1. The Morgan fingerprint density at radius 1 is 1.03 bits per heavy atom. The van der Waals surface area contributed by atoms with E-state index in [0.29, 0.717) is 40.0 Å². The first kappa shape index (κ1) is 22.1. The van der Waals surface area contributed by atoms with Crippen LogP contribution in [0.5, 0.6) is 0 Å². The van der Waals surface area contributed by atoms with Gasteiger partial charge in [-0.05, 0) is 62.1 Å². The molecule has 2 heterocycles. The maximum absolute atomic E-state index is 12.8. The van der Waals surface area contributed by atoms with Crippen molar-refractivity contribution in [3.8, 4) is 0 Å². The molecule has 1 aliphatic heterocycles. The van der Waals surface area contributed by atoms with Crippen molar-refractivity contribution in [2.75, 3.05) is 21.9 Å². The number of carbonyl (C=O) groups is 2. The number of nitrogens with one attached hydrogen (secondary N) is 2. The lowest BCUT2D eigenvalue weighted by atomic mass is 10.0. The zero-order chi connectivity index (χ0) is 22.0. The summed E-state index contributed by atoms with van der Waals surface area (Å²) in [5.74, 6) is -0.515. The normalized spacial score (nSPS) is 22.8. The van der Waals surface area contributed by atoms with Crippen LogP contribution < -0.4 is 14.9 Å². The molecule has 1 aromatic carbocycles. The number of sulfonamides is 1. The lowest BCUT2D eigenvalue weighted by molar-refractivity contribution is -0.120. The van der Waals surface area contributed by atoms with E-state index in [1.165, 1.54) is 15.6 Å². The van der Waals surface area contributed by atoms with E-state index in [-0.39, 0.29) is 29.5 Å². The summed E-state index contributed by atoms with van der Waals surface area (Å²) in [7, 11) is -3.27. The van der Waals surface area contributed by atoms with Crippen LogP contribution in [0.2, 0.25) is 4.34 Å². The molecule has 1 saturated heterocycles. The summed E-state index contributed by atoms with van der Waals surface area (Å²) in [6.07, 6.45) is 3.83. The molecule has 1 aromatic heterocycles. The molecule has 1 saturated carbocycles. The Morgan fingerprint density at radius 2 is 1.81 bits per heavy atom. The molecule has 0 unspecified atom stereocenters.